The zero-order valence-corrected chi connectivity index (χ0v) is 13.1. The molecule has 0 unspecified atom stereocenters. The lowest BCUT2D eigenvalue weighted by Crippen LogP contribution is -2.24. The Morgan fingerprint density at radius 3 is 2.70 bits per heavy atom. The van der Waals surface area contributed by atoms with Crippen LogP contribution >= 0.6 is 0 Å². The summed E-state index contributed by atoms with van der Waals surface area (Å²) in [6, 6.07) is 11.6. The smallest absolute Gasteiger partial charge is 0.339 e. The van der Waals surface area contributed by atoms with Gasteiger partial charge < -0.3 is 9.88 Å². The molecule has 1 heterocycles. The maximum Gasteiger partial charge on any atom is 0.339 e. The molecule has 1 saturated carbocycles. The van der Waals surface area contributed by atoms with Gasteiger partial charge in [0.2, 0.25) is 0 Å². The van der Waals surface area contributed by atoms with E-state index in [2.05, 4.69) is 32.8 Å². The van der Waals surface area contributed by atoms with Gasteiger partial charge in [-0.1, -0.05) is 37.5 Å². The minimum atomic E-state index is -0.348. The number of anilines is 1. The quantitative estimate of drug-likeness (QED) is 0.647. The van der Waals surface area contributed by atoms with Crippen molar-refractivity contribution in [2.45, 2.75) is 38.1 Å². The number of benzene rings is 1. The molecule has 5 heteroatoms. The zero-order chi connectivity index (χ0) is 15.9. The normalized spacial score (nSPS) is 15.7. The lowest BCUT2D eigenvalue weighted by Gasteiger charge is -2.23. The van der Waals surface area contributed by atoms with Crippen molar-refractivity contribution in [3.63, 3.8) is 0 Å². The SMILES string of the molecule is O=C(N/N=C/c1ccn(C2CCCCC2)c1)Nc1ccccc1. The first kappa shape index (κ1) is 15.3. The van der Waals surface area contributed by atoms with Crippen LogP contribution in [0.3, 0.4) is 0 Å². The maximum atomic E-state index is 11.7. The van der Waals surface area contributed by atoms with Gasteiger partial charge in [0.25, 0.3) is 0 Å². The Balaban J connectivity index is 1.50. The highest BCUT2D eigenvalue weighted by atomic mass is 16.2. The van der Waals surface area contributed by atoms with Crippen LogP contribution in [0.2, 0.25) is 0 Å². The van der Waals surface area contributed by atoms with Crippen molar-refractivity contribution in [1.29, 1.82) is 0 Å². The van der Waals surface area contributed by atoms with E-state index in [0.29, 0.717) is 6.04 Å². The molecule has 3 rings (SSSR count). The summed E-state index contributed by atoms with van der Waals surface area (Å²) >= 11 is 0. The van der Waals surface area contributed by atoms with Crippen molar-refractivity contribution in [3.05, 3.63) is 54.4 Å². The van der Waals surface area contributed by atoms with Crippen LogP contribution in [0.25, 0.3) is 0 Å². The Morgan fingerprint density at radius 2 is 1.91 bits per heavy atom. The van der Waals surface area contributed by atoms with Crippen LogP contribution in [0.5, 0.6) is 0 Å². The van der Waals surface area contributed by atoms with Crippen LogP contribution in [0.4, 0.5) is 10.5 Å². The molecule has 1 aliphatic carbocycles. The number of aromatic nitrogens is 1. The molecule has 0 atom stereocenters. The molecule has 0 radical (unpaired) electrons. The molecule has 1 aromatic carbocycles. The second-order valence-corrected chi connectivity index (χ2v) is 5.87. The monoisotopic (exact) mass is 310 g/mol. The van der Waals surface area contributed by atoms with Crippen LogP contribution in [-0.2, 0) is 0 Å². The average molecular weight is 310 g/mol. The fraction of sp³-hybridized carbons (Fsp3) is 0.333. The van der Waals surface area contributed by atoms with Crippen LogP contribution < -0.4 is 10.7 Å². The molecule has 1 aromatic heterocycles. The number of nitrogens with one attached hydrogen (secondary N) is 2. The molecule has 2 amide bonds. The van der Waals surface area contributed by atoms with Crippen molar-refractivity contribution in [3.8, 4) is 0 Å². The molecule has 5 nitrogen and oxygen atoms in total. The van der Waals surface area contributed by atoms with E-state index in [1.165, 1.54) is 32.1 Å². The number of carbonyl (C=O) groups is 1. The summed E-state index contributed by atoms with van der Waals surface area (Å²) in [5.74, 6) is 0. The predicted octanol–water partition coefficient (Wildman–Crippen LogP) is 4.15. The molecule has 1 aliphatic rings. The first-order chi connectivity index (χ1) is 11.3. The second kappa shape index (κ2) is 7.63. The number of hydrazone groups is 1. The summed E-state index contributed by atoms with van der Waals surface area (Å²) in [6.07, 6.45) is 12.3. The van der Waals surface area contributed by atoms with Crippen LogP contribution in [0.15, 0.2) is 53.9 Å². The van der Waals surface area contributed by atoms with E-state index in [0.717, 1.165) is 11.3 Å². The minimum Gasteiger partial charge on any atom is -0.351 e. The van der Waals surface area contributed by atoms with Crippen molar-refractivity contribution >= 4 is 17.9 Å². The van der Waals surface area contributed by atoms with Gasteiger partial charge in [-0.05, 0) is 31.0 Å². The molecule has 120 valence electrons. The number of amides is 2. The lowest BCUT2D eigenvalue weighted by atomic mass is 9.95. The van der Waals surface area contributed by atoms with E-state index in [1.807, 2.05) is 36.4 Å². The number of nitrogens with zero attached hydrogens (tertiary/aromatic N) is 2. The molecule has 0 spiro atoms. The number of urea groups is 1. The maximum absolute atomic E-state index is 11.7. The van der Waals surface area contributed by atoms with E-state index in [4.69, 9.17) is 0 Å². The zero-order valence-electron chi connectivity index (χ0n) is 13.1. The standard InChI is InChI=1S/C18H22N4O/c23-18(20-16-7-3-1-4-8-16)21-19-13-15-11-12-22(14-15)17-9-5-2-6-10-17/h1,3-4,7-8,11-14,17H,2,5-6,9-10H2,(H2,20,21,23)/b19-13+. The van der Waals surface area contributed by atoms with Gasteiger partial charge in [0.15, 0.2) is 0 Å². The third-order valence-electron chi connectivity index (χ3n) is 4.14. The Morgan fingerprint density at radius 1 is 1.13 bits per heavy atom. The fourth-order valence-corrected chi connectivity index (χ4v) is 2.96. The number of rotatable bonds is 4. The summed E-state index contributed by atoms with van der Waals surface area (Å²) in [5.41, 5.74) is 4.21. The first-order valence-corrected chi connectivity index (χ1v) is 8.14. The highest BCUT2D eigenvalue weighted by Crippen LogP contribution is 2.28. The highest BCUT2D eigenvalue weighted by molar-refractivity contribution is 5.90. The molecule has 2 aromatic rings. The summed E-state index contributed by atoms with van der Waals surface area (Å²) in [4.78, 5) is 11.7. The molecule has 1 fully saturated rings. The van der Waals surface area contributed by atoms with Crippen LogP contribution in [0.1, 0.15) is 43.7 Å². The Labute approximate surface area is 136 Å². The number of para-hydroxylation sites is 1. The van der Waals surface area contributed by atoms with Gasteiger partial charge in [0.05, 0.1) is 6.21 Å². The average Bonchev–Trinajstić information content (AvgIpc) is 3.05. The van der Waals surface area contributed by atoms with Crippen molar-refractivity contribution < 1.29 is 4.79 Å². The summed E-state index contributed by atoms with van der Waals surface area (Å²) in [7, 11) is 0. The highest BCUT2D eigenvalue weighted by Gasteiger charge is 2.14. The fourth-order valence-electron chi connectivity index (χ4n) is 2.96. The molecular weight excluding hydrogens is 288 g/mol. The van der Waals surface area contributed by atoms with Crippen molar-refractivity contribution in [2.24, 2.45) is 5.10 Å². The molecule has 0 aliphatic heterocycles. The number of hydrogen-bond acceptors (Lipinski definition) is 2. The summed E-state index contributed by atoms with van der Waals surface area (Å²) in [6.45, 7) is 0. The van der Waals surface area contributed by atoms with Gasteiger partial charge >= 0.3 is 6.03 Å². The molecule has 0 bridgehead atoms. The van der Waals surface area contributed by atoms with Gasteiger partial charge in [-0.15, -0.1) is 0 Å². The molecule has 23 heavy (non-hydrogen) atoms. The number of hydrogen-bond donors (Lipinski definition) is 2. The third-order valence-corrected chi connectivity index (χ3v) is 4.14. The Bertz CT molecular complexity index is 657. The van der Waals surface area contributed by atoms with E-state index in [-0.39, 0.29) is 6.03 Å². The Hall–Kier alpha value is -2.56. The van der Waals surface area contributed by atoms with Gasteiger partial charge in [-0.3, -0.25) is 0 Å². The topological polar surface area (TPSA) is 58.4 Å². The summed E-state index contributed by atoms with van der Waals surface area (Å²) < 4.78 is 2.27. The largest absolute Gasteiger partial charge is 0.351 e. The van der Waals surface area contributed by atoms with E-state index in [1.54, 1.807) is 6.21 Å². The van der Waals surface area contributed by atoms with Crippen molar-refractivity contribution in [2.75, 3.05) is 5.32 Å². The summed E-state index contributed by atoms with van der Waals surface area (Å²) in [5, 5.41) is 6.71. The molecule has 2 N–H and O–H groups in total. The van der Waals surface area contributed by atoms with E-state index < -0.39 is 0 Å². The second-order valence-electron chi connectivity index (χ2n) is 5.87. The van der Waals surface area contributed by atoms with Gasteiger partial charge in [0.1, 0.15) is 0 Å². The van der Waals surface area contributed by atoms with Crippen molar-refractivity contribution in [1.82, 2.24) is 9.99 Å². The van der Waals surface area contributed by atoms with E-state index in [9.17, 15) is 4.79 Å². The molecule has 0 saturated heterocycles. The van der Waals surface area contributed by atoms with Gasteiger partial charge in [0, 0.05) is 29.7 Å². The van der Waals surface area contributed by atoms with Gasteiger partial charge in [-0.2, -0.15) is 5.10 Å². The Kier molecular flexibility index (Phi) is 5.09. The third kappa shape index (κ3) is 4.45. The minimum absolute atomic E-state index is 0.348. The van der Waals surface area contributed by atoms with E-state index >= 15 is 0 Å². The lowest BCUT2D eigenvalue weighted by molar-refractivity contribution is 0.252. The number of carbonyl (C=O) groups excluding carboxylic acids is 1. The first-order valence-electron chi connectivity index (χ1n) is 8.14. The molecular formula is C18H22N4O. The predicted molar refractivity (Wildman–Crippen MR) is 92.7 cm³/mol. The van der Waals surface area contributed by atoms with Crippen LogP contribution in [-0.4, -0.2) is 16.8 Å². The van der Waals surface area contributed by atoms with Gasteiger partial charge in [-0.25, -0.2) is 10.2 Å². The van der Waals surface area contributed by atoms with Crippen LogP contribution in [0, 0.1) is 0 Å².